The fraction of sp³-hybridized carbons (Fsp3) is 0.385. The molecule has 0 aliphatic carbocycles. The molecule has 7 heteroatoms. The van der Waals surface area contributed by atoms with E-state index in [4.69, 9.17) is 19.1 Å². The molecule has 3 aromatic rings. The molecule has 0 unspecified atom stereocenters. The Kier molecular flexibility index (Phi) is 8.49. The first-order chi connectivity index (χ1) is 15.9. The third kappa shape index (κ3) is 6.58. The van der Waals surface area contributed by atoms with E-state index in [1.54, 1.807) is 20.3 Å². The van der Waals surface area contributed by atoms with Crippen molar-refractivity contribution in [3.63, 3.8) is 0 Å². The number of nitrogens with zero attached hydrogens (tertiary/aromatic N) is 1. The monoisotopic (exact) mass is 453 g/mol. The van der Waals surface area contributed by atoms with Crippen LogP contribution in [0.15, 0.2) is 53.1 Å². The molecule has 1 aromatic heterocycles. The molecule has 0 bridgehead atoms. The third-order valence-electron chi connectivity index (χ3n) is 5.85. The first-order valence-corrected chi connectivity index (χ1v) is 11.0. The van der Waals surface area contributed by atoms with Gasteiger partial charge >= 0.3 is 5.97 Å². The van der Waals surface area contributed by atoms with Gasteiger partial charge in [0.15, 0.2) is 0 Å². The highest BCUT2D eigenvalue weighted by molar-refractivity contribution is 5.69. The van der Waals surface area contributed by atoms with Gasteiger partial charge in [-0.2, -0.15) is 0 Å². The summed E-state index contributed by atoms with van der Waals surface area (Å²) in [4.78, 5) is 11.0. The van der Waals surface area contributed by atoms with E-state index in [1.165, 1.54) is 5.56 Å². The number of aliphatic hydroxyl groups excluding tert-OH is 1. The van der Waals surface area contributed by atoms with Crippen molar-refractivity contribution in [2.24, 2.45) is 5.92 Å². The van der Waals surface area contributed by atoms with Gasteiger partial charge in [0, 0.05) is 11.6 Å². The Morgan fingerprint density at radius 3 is 2.36 bits per heavy atom. The number of ether oxygens (including phenoxy) is 2. The van der Waals surface area contributed by atoms with Crippen molar-refractivity contribution in [2.75, 3.05) is 14.2 Å². The number of methoxy groups -OCH3 is 2. The molecule has 0 spiro atoms. The van der Waals surface area contributed by atoms with Crippen LogP contribution >= 0.6 is 0 Å². The lowest BCUT2D eigenvalue weighted by Crippen LogP contribution is -2.17. The molecule has 3 rings (SSSR count). The zero-order chi connectivity index (χ0) is 23.8. The zero-order valence-electron chi connectivity index (χ0n) is 19.3. The minimum Gasteiger partial charge on any atom is -0.496 e. The number of aryl methyl sites for hydroxylation is 1. The molecule has 0 aliphatic heterocycles. The van der Waals surface area contributed by atoms with Gasteiger partial charge in [-0.3, -0.25) is 4.79 Å². The Bertz CT molecular complexity index is 1020. The van der Waals surface area contributed by atoms with Crippen LogP contribution in [0.5, 0.6) is 11.5 Å². The molecule has 2 aromatic carbocycles. The molecule has 0 amide bonds. The van der Waals surface area contributed by atoms with Gasteiger partial charge in [0.25, 0.3) is 0 Å². The first-order valence-electron chi connectivity index (χ1n) is 11.0. The van der Waals surface area contributed by atoms with Gasteiger partial charge in [-0.15, -0.1) is 0 Å². The molecular formula is C26H31NO6. The second-order valence-corrected chi connectivity index (χ2v) is 8.19. The fourth-order valence-corrected chi connectivity index (χ4v) is 4.09. The SMILES string of the molecule is COc1cc([C@@H](O)[C@@H](CCCc2ccccc2)Cc2cc(CC(=O)O)on2)cc(OC)c1C. The Morgan fingerprint density at radius 1 is 1.09 bits per heavy atom. The number of benzene rings is 2. The maximum atomic E-state index is 11.4. The van der Waals surface area contributed by atoms with E-state index in [9.17, 15) is 9.90 Å². The molecule has 1 heterocycles. The van der Waals surface area contributed by atoms with Crippen LogP contribution in [0.1, 0.15) is 47.1 Å². The minimum atomic E-state index is -0.976. The van der Waals surface area contributed by atoms with Crippen molar-refractivity contribution < 1.29 is 29.0 Å². The lowest BCUT2D eigenvalue weighted by molar-refractivity contribution is -0.136. The maximum absolute atomic E-state index is 11.4. The Morgan fingerprint density at radius 2 is 1.76 bits per heavy atom. The summed E-state index contributed by atoms with van der Waals surface area (Å²) in [5.74, 6) is 0.464. The van der Waals surface area contributed by atoms with Gasteiger partial charge in [0.05, 0.1) is 26.0 Å². The second kappa shape index (κ2) is 11.5. The highest BCUT2D eigenvalue weighted by Crippen LogP contribution is 2.36. The van der Waals surface area contributed by atoms with Crippen molar-refractivity contribution >= 4 is 5.97 Å². The van der Waals surface area contributed by atoms with Crippen LogP contribution < -0.4 is 9.47 Å². The predicted octanol–water partition coefficient (Wildman–Crippen LogP) is 4.54. The zero-order valence-corrected chi connectivity index (χ0v) is 19.3. The lowest BCUT2D eigenvalue weighted by atomic mass is 9.86. The van der Waals surface area contributed by atoms with E-state index in [2.05, 4.69) is 17.3 Å². The summed E-state index contributed by atoms with van der Waals surface area (Å²) in [6.07, 6.45) is 1.97. The first kappa shape index (κ1) is 24.3. The number of carboxylic acids is 1. The summed E-state index contributed by atoms with van der Waals surface area (Å²) in [5.41, 5.74) is 3.44. The van der Waals surface area contributed by atoms with Crippen molar-refractivity contribution in [3.05, 3.63) is 76.7 Å². The summed E-state index contributed by atoms with van der Waals surface area (Å²) >= 11 is 0. The van der Waals surface area contributed by atoms with Crippen LogP contribution in [-0.4, -0.2) is 35.6 Å². The van der Waals surface area contributed by atoms with E-state index in [0.717, 1.165) is 24.8 Å². The summed E-state index contributed by atoms with van der Waals surface area (Å²) in [6.45, 7) is 1.91. The Balaban J connectivity index is 1.81. The van der Waals surface area contributed by atoms with Gasteiger partial charge in [0.2, 0.25) is 0 Å². The molecule has 0 aliphatic rings. The van der Waals surface area contributed by atoms with Crippen LogP contribution in [0.3, 0.4) is 0 Å². The average Bonchev–Trinajstić information content (AvgIpc) is 3.24. The number of aromatic nitrogens is 1. The smallest absolute Gasteiger partial charge is 0.311 e. The average molecular weight is 454 g/mol. The molecule has 33 heavy (non-hydrogen) atoms. The standard InChI is InChI=1S/C26H31NO6/c1-17-23(31-2)13-20(14-24(17)32-3)26(30)19(11-7-10-18-8-5-4-6-9-18)12-21-15-22(33-27-21)16-25(28)29/h4-6,8-9,13-15,19,26,30H,7,10-12,16H2,1-3H3,(H,28,29)/t19-,26-/m0/s1. The van der Waals surface area contributed by atoms with E-state index in [-0.39, 0.29) is 12.3 Å². The predicted molar refractivity (Wildman–Crippen MR) is 124 cm³/mol. The molecule has 176 valence electrons. The largest absolute Gasteiger partial charge is 0.496 e. The number of aliphatic carboxylic acids is 1. The third-order valence-corrected chi connectivity index (χ3v) is 5.85. The van der Waals surface area contributed by atoms with Gasteiger partial charge in [0.1, 0.15) is 23.7 Å². The van der Waals surface area contributed by atoms with E-state index in [1.807, 2.05) is 37.3 Å². The number of rotatable bonds is 12. The molecule has 0 radical (unpaired) electrons. The van der Waals surface area contributed by atoms with Crippen LogP contribution in [-0.2, 0) is 24.1 Å². The summed E-state index contributed by atoms with van der Waals surface area (Å²) < 4.78 is 16.1. The van der Waals surface area contributed by atoms with E-state index < -0.39 is 12.1 Å². The number of carboxylic acid groups (broad SMARTS) is 1. The molecule has 0 saturated carbocycles. The van der Waals surface area contributed by atoms with Crippen molar-refractivity contribution in [2.45, 2.75) is 45.1 Å². The molecule has 7 nitrogen and oxygen atoms in total. The van der Waals surface area contributed by atoms with Crippen LogP contribution in [0.25, 0.3) is 0 Å². The molecule has 2 N–H and O–H groups in total. The topological polar surface area (TPSA) is 102 Å². The van der Waals surface area contributed by atoms with Gasteiger partial charge in [-0.25, -0.2) is 0 Å². The van der Waals surface area contributed by atoms with Crippen LogP contribution in [0.2, 0.25) is 0 Å². The minimum absolute atomic E-state index is 0.159. The number of carbonyl (C=O) groups is 1. The number of hydrogen-bond donors (Lipinski definition) is 2. The summed E-state index contributed by atoms with van der Waals surface area (Å²) in [6, 6.07) is 15.6. The molecular weight excluding hydrogens is 422 g/mol. The van der Waals surface area contributed by atoms with E-state index >= 15 is 0 Å². The number of hydrogen-bond acceptors (Lipinski definition) is 6. The highest BCUT2D eigenvalue weighted by Gasteiger charge is 2.25. The van der Waals surface area contributed by atoms with Gasteiger partial charge < -0.3 is 24.2 Å². The molecule has 0 fully saturated rings. The summed E-state index contributed by atoms with van der Waals surface area (Å²) in [7, 11) is 3.18. The summed E-state index contributed by atoms with van der Waals surface area (Å²) in [5, 5.41) is 24.4. The second-order valence-electron chi connectivity index (χ2n) is 8.19. The van der Waals surface area contributed by atoms with Gasteiger partial charge in [-0.1, -0.05) is 35.5 Å². The fourth-order valence-electron chi connectivity index (χ4n) is 4.09. The number of aliphatic hydroxyl groups is 1. The van der Waals surface area contributed by atoms with Crippen molar-refractivity contribution in [1.82, 2.24) is 5.16 Å². The quantitative estimate of drug-likeness (QED) is 0.415. The normalized spacial score (nSPS) is 12.8. The Labute approximate surface area is 194 Å². The highest BCUT2D eigenvalue weighted by atomic mass is 16.5. The molecule has 0 saturated heterocycles. The Hall–Kier alpha value is -3.32. The van der Waals surface area contributed by atoms with Crippen LogP contribution in [0.4, 0.5) is 0 Å². The van der Waals surface area contributed by atoms with Crippen molar-refractivity contribution in [3.8, 4) is 11.5 Å². The molecule has 2 atom stereocenters. The lowest BCUT2D eigenvalue weighted by Gasteiger charge is -2.24. The van der Waals surface area contributed by atoms with Crippen molar-refractivity contribution in [1.29, 1.82) is 0 Å². The van der Waals surface area contributed by atoms with E-state index in [0.29, 0.717) is 34.9 Å². The van der Waals surface area contributed by atoms with Crippen LogP contribution in [0, 0.1) is 12.8 Å². The maximum Gasteiger partial charge on any atom is 0.311 e. The van der Waals surface area contributed by atoms with Gasteiger partial charge in [-0.05, 0) is 61.8 Å².